The van der Waals surface area contributed by atoms with Gasteiger partial charge in [0, 0.05) is 6.04 Å². The number of aryl methyl sites for hydroxylation is 1. The lowest BCUT2D eigenvalue weighted by atomic mass is 10.1. The van der Waals surface area contributed by atoms with E-state index in [1.165, 1.54) is 5.56 Å². The average Bonchev–Trinajstić information content (AvgIpc) is 2.44. The lowest BCUT2D eigenvalue weighted by molar-refractivity contribution is 0.474. The van der Waals surface area contributed by atoms with E-state index in [9.17, 15) is 0 Å². The van der Waals surface area contributed by atoms with Crippen molar-refractivity contribution >= 4 is 11.6 Å². The van der Waals surface area contributed by atoms with Gasteiger partial charge in [-0.05, 0) is 49.1 Å². The number of hydrogen-bond donors (Lipinski definition) is 1. The first-order valence-corrected chi connectivity index (χ1v) is 7.77. The Labute approximate surface area is 131 Å². The van der Waals surface area contributed by atoms with Gasteiger partial charge in [0.25, 0.3) is 0 Å². The Kier molecular flexibility index (Phi) is 5.66. The quantitative estimate of drug-likeness (QED) is 0.817. The van der Waals surface area contributed by atoms with Crippen molar-refractivity contribution in [2.45, 2.75) is 39.2 Å². The number of rotatable bonds is 6. The van der Waals surface area contributed by atoms with E-state index in [0.29, 0.717) is 10.8 Å². The van der Waals surface area contributed by atoms with Crippen LogP contribution in [0.4, 0.5) is 0 Å². The molecule has 2 aromatic rings. The van der Waals surface area contributed by atoms with Crippen molar-refractivity contribution in [2.75, 3.05) is 0 Å². The molecule has 2 nitrogen and oxygen atoms in total. The summed E-state index contributed by atoms with van der Waals surface area (Å²) >= 11 is 6.28. The fourth-order valence-corrected chi connectivity index (χ4v) is 2.54. The van der Waals surface area contributed by atoms with Crippen LogP contribution >= 0.6 is 11.6 Å². The van der Waals surface area contributed by atoms with Crippen LogP contribution in [-0.2, 0) is 12.8 Å². The van der Waals surface area contributed by atoms with E-state index in [4.69, 9.17) is 22.1 Å². The molecule has 2 rings (SSSR count). The lowest BCUT2D eigenvalue weighted by Crippen LogP contribution is -2.18. The third-order valence-electron chi connectivity index (χ3n) is 3.27. The molecular formula is C18H22ClNO. The summed E-state index contributed by atoms with van der Waals surface area (Å²) in [6, 6.07) is 14.0. The summed E-state index contributed by atoms with van der Waals surface area (Å²) in [5, 5.41) is 0.616. The van der Waals surface area contributed by atoms with Crippen LogP contribution in [0.1, 0.15) is 31.4 Å². The van der Waals surface area contributed by atoms with E-state index in [-0.39, 0.29) is 6.04 Å². The Bertz CT molecular complexity index is 578. The minimum Gasteiger partial charge on any atom is -0.456 e. The molecule has 0 spiro atoms. The van der Waals surface area contributed by atoms with Crippen LogP contribution in [0.25, 0.3) is 0 Å². The van der Waals surface area contributed by atoms with Gasteiger partial charge >= 0.3 is 0 Å². The maximum Gasteiger partial charge on any atom is 0.149 e. The van der Waals surface area contributed by atoms with Crippen LogP contribution in [-0.4, -0.2) is 6.04 Å². The molecule has 2 N–H and O–H groups in total. The fourth-order valence-electron chi connectivity index (χ4n) is 2.31. The molecule has 0 saturated carbocycles. The van der Waals surface area contributed by atoms with E-state index in [2.05, 4.69) is 19.1 Å². The molecule has 0 aromatic heterocycles. The van der Waals surface area contributed by atoms with Gasteiger partial charge in [-0.1, -0.05) is 49.2 Å². The summed E-state index contributed by atoms with van der Waals surface area (Å²) in [5.74, 6) is 1.51. The second-order valence-electron chi connectivity index (χ2n) is 5.41. The Morgan fingerprint density at radius 2 is 1.86 bits per heavy atom. The van der Waals surface area contributed by atoms with Gasteiger partial charge in [0.1, 0.15) is 11.5 Å². The number of ether oxygens (including phenoxy) is 1. The molecule has 0 aliphatic heterocycles. The molecule has 1 unspecified atom stereocenters. The standard InChI is InChI=1S/C18H22ClNO/c1-3-5-14-8-10-16(11-9-14)21-18-15(12-13(2)20)6-4-7-17(18)19/h4,6-11,13H,3,5,12,20H2,1-2H3. The van der Waals surface area contributed by atoms with Crippen LogP contribution in [0.2, 0.25) is 5.02 Å². The van der Waals surface area contributed by atoms with E-state index < -0.39 is 0 Å². The zero-order valence-corrected chi connectivity index (χ0v) is 13.4. The van der Waals surface area contributed by atoms with Gasteiger partial charge in [-0.25, -0.2) is 0 Å². The highest BCUT2D eigenvalue weighted by atomic mass is 35.5. The van der Waals surface area contributed by atoms with E-state index >= 15 is 0 Å². The minimum atomic E-state index is 0.0674. The molecular weight excluding hydrogens is 282 g/mol. The third-order valence-corrected chi connectivity index (χ3v) is 3.57. The van der Waals surface area contributed by atoms with Crippen molar-refractivity contribution in [3.05, 3.63) is 58.6 Å². The molecule has 0 radical (unpaired) electrons. The molecule has 0 fully saturated rings. The molecule has 0 aliphatic carbocycles. The molecule has 0 saturated heterocycles. The monoisotopic (exact) mass is 303 g/mol. The largest absolute Gasteiger partial charge is 0.456 e. The number of para-hydroxylation sites is 1. The van der Waals surface area contributed by atoms with Crippen molar-refractivity contribution < 1.29 is 4.74 Å². The second-order valence-corrected chi connectivity index (χ2v) is 5.81. The smallest absolute Gasteiger partial charge is 0.149 e. The normalized spacial score (nSPS) is 12.2. The van der Waals surface area contributed by atoms with Crippen molar-refractivity contribution in [1.29, 1.82) is 0 Å². The van der Waals surface area contributed by atoms with E-state index in [1.54, 1.807) is 0 Å². The van der Waals surface area contributed by atoms with Crippen molar-refractivity contribution in [1.82, 2.24) is 0 Å². The van der Waals surface area contributed by atoms with Crippen LogP contribution in [0.3, 0.4) is 0 Å². The first-order chi connectivity index (χ1) is 10.1. The summed E-state index contributed by atoms with van der Waals surface area (Å²) in [4.78, 5) is 0. The van der Waals surface area contributed by atoms with Crippen LogP contribution in [0.5, 0.6) is 11.5 Å². The predicted octanol–water partition coefficient (Wildman–Crippen LogP) is 4.97. The van der Waals surface area contributed by atoms with Crippen molar-refractivity contribution in [3.8, 4) is 11.5 Å². The van der Waals surface area contributed by atoms with Gasteiger partial charge in [0.15, 0.2) is 0 Å². The van der Waals surface area contributed by atoms with E-state index in [0.717, 1.165) is 30.6 Å². The Balaban J connectivity index is 2.22. The zero-order valence-electron chi connectivity index (χ0n) is 12.6. The van der Waals surface area contributed by atoms with Gasteiger partial charge in [-0.15, -0.1) is 0 Å². The van der Waals surface area contributed by atoms with Crippen LogP contribution in [0, 0.1) is 0 Å². The number of nitrogens with two attached hydrogens (primary N) is 1. The molecule has 1 atom stereocenters. The molecule has 21 heavy (non-hydrogen) atoms. The summed E-state index contributed by atoms with van der Waals surface area (Å²) in [6.07, 6.45) is 2.97. The third kappa shape index (κ3) is 4.48. The fraction of sp³-hybridized carbons (Fsp3) is 0.333. The molecule has 0 amide bonds. The Hall–Kier alpha value is -1.51. The average molecular weight is 304 g/mol. The van der Waals surface area contributed by atoms with Crippen molar-refractivity contribution in [3.63, 3.8) is 0 Å². The maximum atomic E-state index is 6.28. The minimum absolute atomic E-state index is 0.0674. The molecule has 112 valence electrons. The first-order valence-electron chi connectivity index (χ1n) is 7.40. The highest BCUT2D eigenvalue weighted by molar-refractivity contribution is 6.32. The van der Waals surface area contributed by atoms with Gasteiger partial charge < -0.3 is 10.5 Å². The maximum absolute atomic E-state index is 6.28. The van der Waals surface area contributed by atoms with Crippen LogP contribution < -0.4 is 10.5 Å². The summed E-state index contributed by atoms with van der Waals surface area (Å²) < 4.78 is 5.99. The summed E-state index contributed by atoms with van der Waals surface area (Å²) in [5.41, 5.74) is 8.25. The second kappa shape index (κ2) is 7.48. The van der Waals surface area contributed by atoms with Gasteiger partial charge in [0.2, 0.25) is 0 Å². The Morgan fingerprint density at radius 1 is 1.14 bits per heavy atom. The molecule has 0 aliphatic rings. The molecule has 0 bridgehead atoms. The predicted molar refractivity (Wildman–Crippen MR) is 89.3 cm³/mol. The highest BCUT2D eigenvalue weighted by Gasteiger charge is 2.11. The Morgan fingerprint density at radius 3 is 2.48 bits per heavy atom. The molecule has 0 heterocycles. The molecule has 3 heteroatoms. The topological polar surface area (TPSA) is 35.2 Å². The van der Waals surface area contributed by atoms with E-state index in [1.807, 2.05) is 37.3 Å². The summed E-state index contributed by atoms with van der Waals surface area (Å²) in [7, 11) is 0. The molecule has 2 aromatic carbocycles. The van der Waals surface area contributed by atoms with Gasteiger partial charge in [-0.3, -0.25) is 0 Å². The number of hydrogen-bond acceptors (Lipinski definition) is 2. The first kappa shape index (κ1) is 15.9. The zero-order chi connectivity index (χ0) is 15.2. The van der Waals surface area contributed by atoms with Gasteiger partial charge in [0.05, 0.1) is 5.02 Å². The highest BCUT2D eigenvalue weighted by Crippen LogP contribution is 2.33. The van der Waals surface area contributed by atoms with Crippen LogP contribution in [0.15, 0.2) is 42.5 Å². The van der Waals surface area contributed by atoms with Gasteiger partial charge in [-0.2, -0.15) is 0 Å². The lowest BCUT2D eigenvalue weighted by Gasteiger charge is -2.14. The SMILES string of the molecule is CCCc1ccc(Oc2c(Cl)cccc2CC(C)N)cc1. The summed E-state index contributed by atoms with van der Waals surface area (Å²) in [6.45, 7) is 4.15. The number of benzene rings is 2. The van der Waals surface area contributed by atoms with Crippen molar-refractivity contribution in [2.24, 2.45) is 5.73 Å². The number of halogens is 1.